The van der Waals surface area contributed by atoms with Gasteiger partial charge in [0.15, 0.2) is 0 Å². The van der Waals surface area contributed by atoms with Gasteiger partial charge in [0.05, 0.1) is 5.92 Å². The lowest BCUT2D eigenvalue weighted by Crippen LogP contribution is -2.50. The van der Waals surface area contributed by atoms with E-state index in [9.17, 15) is 9.59 Å². The zero-order chi connectivity index (χ0) is 19.1. The van der Waals surface area contributed by atoms with Gasteiger partial charge >= 0.3 is 0 Å². The third-order valence-corrected chi connectivity index (χ3v) is 4.47. The van der Waals surface area contributed by atoms with Crippen LogP contribution in [0, 0.1) is 5.92 Å². The highest BCUT2D eigenvalue weighted by Gasteiger charge is 2.28. The fourth-order valence-corrected chi connectivity index (χ4v) is 2.79. The van der Waals surface area contributed by atoms with Crippen LogP contribution < -0.4 is 11.1 Å². The quantitative estimate of drug-likeness (QED) is 0.801. The molecule has 0 heterocycles. The summed E-state index contributed by atoms with van der Waals surface area (Å²) >= 11 is 0. The molecule has 2 rings (SSSR count). The molecular formula is C21H27N3O2. The molecule has 2 aromatic rings. The molecule has 3 unspecified atom stereocenters. The van der Waals surface area contributed by atoms with E-state index < -0.39 is 18.0 Å². The van der Waals surface area contributed by atoms with Crippen LogP contribution >= 0.6 is 0 Å². The minimum absolute atomic E-state index is 0.136. The molecule has 5 heteroatoms. The number of carbonyl (C=O) groups excluding carboxylic acids is 2. The van der Waals surface area contributed by atoms with Gasteiger partial charge in [0, 0.05) is 26.6 Å². The average Bonchev–Trinajstić information content (AvgIpc) is 2.67. The maximum Gasteiger partial charge on any atom is 0.244 e. The summed E-state index contributed by atoms with van der Waals surface area (Å²) in [6, 6.07) is 18.1. The molecule has 0 fully saturated rings. The summed E-state index contributed by atoms with van der Waals surface area (Å²) in [4.78, 5) is 26.7. The summed E-state index contributed by atoms with van der Waals surface area (Å²) in [6.45, 7) is 1.78. The maximum absolute atomic E-state index is 12.7. The van der Waals surface area contributed by atoms with Crippen molar-refractivity contribution >= 4 is 11.8 Å². The molecule has 0 bridgehead atoms. The normalized spacial score (nSPS) is 14.2. The van der Waals surface area contributed by atoms with E-state index in [4.69, 9.17) is 5.73 Å². The molecule has 0 saturated heterocycles. The van der Waals surface area contributed by atoms with Gasteiger partial charge in [0.1, 0.15) is 6.04 Å². The number of benzene rings is 2. The Morgan fingerprint density at radius 2 is 1.54 bits per heavy atom. The Balaban J connectivity index is 2.11. The molecule has 0 aliphatic heterocycles. The minimum Gasteiger partial charge on any atom is -0.347 e. The SMILES string of the molecule is CC(C(=O)NC(Cc1ccccc1)C(=O)N(C)C)C(N)c1ccccc1. The summed E-state index contributed by atoms with van der Waals surface area (Å²) < 4.78 is 0. The number of nitrogens with zero attached hydrogens (tertiary/aromatic N) is 1. The number of nitrogens with two attached hydrogens (primary N) is 1. The third kappa shape index (κ3) is 5.17. The molecule has 3 N–H and O–H groups in total. The van der Waals surface area contributed by atoms with Gasteiger partial charge in [0.25, 0.3) is 0 Å². The summed E-state index contributed by atoms with van der Waals surface area (Å²) in [5, 5.41) is 2.89. The van der Waals surface area contributed by atoms with Gasteiger partial charge in [-0.05, 0) is 11.1 Å². The van der Waals surface area contributed by atoms with Crippen molar-refractivity contribution in [2.75, 3.05) is 14.1 Å². The maximum atomic E-state index is 12.7. The Kier molecular flexibility index (Phi) is 6.92. The lowest BCUT2D eigenvalue weighted by atomic mass is 9.94. The van der Waals surface area contributed by atoms with Crippen molar-refractivity contribution in [3.8, 4) is 0 Å². The van der Waals surface area contributed by atoms with E-state index in [1.54, 1.807) is 21.0 Å². The van der Waals surface area contributed by atoms with Crippen LogP contribution in [-0.2, 0) is 16.0 Å². The molecule has 138 valence electrons. The highest BCUT2D eigenvalue weighted by atomic mass is 16.2. The van der Waals surface area contributed by atoms with Crippen LogP contribution in [0.25, 0.3) is 0 Å². The Labute approximate surface area is 155 Å². The first-order chi connectivity index (χ1) is 12.4. The number of amides is 2. The van der Waals surface area contributed by atoms with Gasteiger partial charge in [-0.2, -0.15) is 0 Å². The Hall–Kier alpha value is -2.66. The van der Waals surface area contributed by atoms with Gasteiger partial charge in [-0.3, -0.25) is 9.59 Å². The molecule has 0 saturated carbocycles. The first-order valence-corrected chi connectivity index (χ1v) is 8.76. The van der Waals surface area contributed by atoms with E-state index in [2.05, 4.69) is 5.32 Å². The van der Waals surface area contributed by atoms with Crippen LogP contribution in [0.1, 0.15) is 24.1 Å². The molecule has 2 amide bonds. The molecule has 3 atom stereocenters. The first-order valence-electron chi connectivity index (χ1n) is 8.76. The molecule has 0 aromatic heterocycles. The van der Waals surface area contributed by atoms with Crippen molar-refractivity contribution in [3.63, 3.8) is 0 Å². The topological polar surface area (TPSA) is 75.4 Å². The number of carbonyl (C=O) groups is 2. The number of nitrogens with one attached hydrogen (secondary N) is 1. The van der Waals surface area contributed by atoms with Crippen molar-refractivity contribution in [3.05, 3.63) is 71.8 Å². The van der Waals surface area contributed by atoms with E-state index in [0.29, 0.717) is 6.42 Å². The summed E-state index contributed by atoms with van der Waals surface area (Å²) in [5.74, 6) is -0.814. The number of rotatable bonds is 7. The Bertz CT molecular complexity index is 717. The number of hydrogen-bond donors (Lipinski definition) is 2. The zero-order valence-corrected chi connectivity index (χ0v) is 15.6. The molecular weight excluding hydrogens is 326 g/mol. The molecule has 2 aromatic carbocycles. The van der Waals surface area contributed by atoms with Crippen molar-refractivity contribution < 1.29 is 9.59 Å². The molecule has 0 spiro atoms. The van der Waals surface area contributed by atoms with Crippen LogP contribution in [0.4, 0.5) is 0 Å². The molecule has 0 aliphatic carbocycles. The van der Waals surface area contributed by atoms with Gasteiger partial charge in [-0.25, -0.2) is 0 Å². The predicted octanol–water partition coefficient (Wildman–Crippen LogP) is 2.14. The Morgan fingerprint density at radius 3 is 2.08 bits per heavy atom. The van der Waals surface area contributed by atoms with E-state index in [0.717, 1.165) is 11.1 Å². The molecule has 26 heavy (non-hydrogen) atoms. The van der Waals surface area contributed by atoms with Crippen molar-refractivity contribution in [2.24, 2.45) is 11.7 Å². The fraction of sp³-hybridized carbons (Fsp3) is 0.333. The highest BCUT2D eigenvalue weighted by molar-refractivity contribution is 5.88. The zero-order valence-electron chi connectivity index (χ0n) is 15.6. The van der Waals surface area contributed by atoms with Gasteiger partial charge in [-0.15, -0.1) is 0 Å². The van der Waals surface area contributed by atoms with E-state index >= 15 is 0 Å². The molecule has 0 aliphatic rings. The van der Waals surface area contributed by atoms with Crippen molar-refractivity contribution in [1.29, 1.82) is 0 Å². The number of hydrogen-bond acceptors (Lipinski definition) is 3. The molecule has 0 radical (unpaired) electrons. The lowest BCUT2D eigenvalue weighted by Gasteiger charge is -2.25. The fourth-order valence-electron chi connectivity index (χ4n) is 2.79. The van der Waals surface area contributed by atoms with E-state index in [1.807, 2.05) is 60.7 Å². The smallest absolute Gasteiger partial charge is 0.244 e. The summed E-state index contributed by atoms with van der Waals surface area (Å²) in [7, 11) is 3.37. The highest BCUT2D eigenvalue weighted by Crippen LogP contribution is 2.19. The van der Waals surface area contributed by atoms with Crippen LogP contribution in [0.5, 0.6) is 0 Å². The average molecular weight is 353 g/mol. The van der Waals surface area contributed by atoms with Crippen LogP contribution in [0.2, 0.25) is 0 Å². The van der Waals surface area contributed by atoms with Crippen molar-refractivity contribution in [2.45, 2.75) is 25.4 Å². The van der Waals surface area contributed by atoms with Crippen molar-refractivity contribution in [1.82, 2.24) is 10.2 Å². The van der Waals surface area contributed by atoms with E-state index in [-0.39, 0.29) is 11.8 Å². The largest absolute Gasteiger partial charge is 0.347 e. The van der Waals surface area contributed by atoms with Gasteiger partial charge < -0.3 is 16.0 Å². The third-order valence-electron chi connectivity index (χ3n) is 4.47. The lowest BCUT2D eigenvalue weighted by molar-refractivity contribution is -0.135. The first kappa shape index (κ1) is 19.7. The van der Waals surface area contributed by atoms with E-state index in [1.165, 1.54) is 4.90 Å². The second-order valence-electron chi connectivity index (χ2n) is 6.71. The van der Waals surface area contributed by atoms with Crippen LogP contribution in [0.15, 0.2) is 60.7 Å². The second-order valence-corrected chi connectivity index (χ2v) is 6.71. The standard InChI is InChI=1S/C21H27N3O2/c1-15(19(22)17-12-8-5-9-13-17)20(25)23-18(21(26)24(2)3)14-16-10-6-4-7-11-16/h4-13,15,18-19H,14,22H2,1-3H3,(H,23,25). The minimum atomic E-state index is -0.620. The van der Waals surface area contributed by atoms with Crippen LogP contribution in [0.3, 0.4) is 0 Å². The molecule has 5 nitrogen and oxygen atoms in total. The van der Waals surface area contributed by atoms with Gasteiger partial charge in [-0.1, -0.05) is 67.6 Å². The second kappa shape index (κ2) is 9.15. The monoisotopic (exact) mass is 353 g/mol. The van der Waals surface area contributed by atoms with Gasteiger partial charge in [0.2, 0.25) is 11.8 Å². The number of likely N-dealkylation sites (N-methyl/N-ethyl adjacent to an activating group) is 1. The summed E-state index contributed by atoms with van der Waals surface area (Å²) in [5.41, 5.74) is 8.14. The Morgan fingerprint density at radius 1 is 1.00 bits per heavy atom. The van der Waals surface area contributed by atoms with Crippen LogP contribution in [-0.4, -0.2) is 36.9 Å². The predicted molar refractivity (Wildman–Crippen MR) is 103 cm³/mol. The summed E-state index contributed by atoms with van der Waals surface area (Å²) in [6.07, 6.45) is 0.441.